The maximum Gasteiger partial charge on any atom is 0.198 e. The van der Waals surface area contributed by atoms with Crippen molar-refractivity contribution in [1.29, 1.82) is 0 Å². The number of rotatable bonds is 1. The van der Waals surface area contributed by atoms with E-state index in [-0.39, 0.29) is 5.15 Å². The van der Waals surface area contributed by atoms with Crippen LogP contribution in [0.15, 0.2) is 30.6 Å². The maximum atomic E-state index is 13.8. The maximum absolute atomic E-state index is 13.8. The first kappa shape index (κ1) is 11.4. The van der Waals surface area contributed by atoms with Gasteiger partial charge < -0.3 is 0 Å². The van der Waals surface area contributed by atoms with Crippen molar-refractivity contribution >= 4 is 28.8 Å². The summed E-state index contributed by atoms with van der Waals surface area (Å²) in [4.78, 5) is 3.88. The lowest BCUT2D eigenvalue weighted by Crippen LogP contribution is -1.93. The molecule has 0 saturated carbocycles. The highest BCUT2D eigenvalue weighted by atomic mass is 35.5. The number of hydrogen-bond acceptors (Lipinski definition) is 3. The molecular weight excluding hydrogens is 278 g/mol. The SMILES string of the molecule is Fc1cc(Cl)ccc1-c1nnc2c(Cl)nccn12. The average molecular weight is 283 g/mol. The van der Waals surface area contributed by atoms with Crippen molar-refractivity contribution in [3.63, 3.8) is 0 Å². The minimum absolute atomic E-state index is 0.214. The summed E-state index contributed by atoms with van der Waals surface area (Å²) in [6.45, 7) is 0. The molecule has 3 rings (SSSR count). The van der Waals surface area contributed by atoms with Gasteiger partial charge in [-0.2, -0.15) is 0 Å². The number of halogens is 3. The number of aromatic nitrogens is 4. The van der Waals surface area contributed by atoms with Gasteiger partial charge in [0.1, 0.15) is 5.82 Å². The molecule has 2 heterocycles. The lowest BCUT2D eigenvalue weighted by Gasteiger charge is -2.02. The van der Waals surface area contributed by atoms with Crippen molar-refractivity contribution in [1.82, 2.24) is 19.6 Å². The molecule has 0 aliphatic carbocycles. The van der Waals surface area contributed by atoms with Crippen molar-refractivity contribution in [2.45, 2.75) is 0 Å². The number of hydrogen-bond donors (Lipinski definition) is 0. The van der Waals surface area contributed by atoms with E-state index in [1.54, 1.807) is 22.7 Å². The Morgan fingerprint density at radius 3 is 2.78 bits per heavy atom. The molecule has 3 aromatic rings. The summed E-state index contributed by atoms with van der Waals surface area (Å²) in [5.41, 5.74) is 0.678. The molecule has 0 N–H and O–H groups in total. The van der Waals surface area contributed by atoms with E-state index in [1.807, 2.05) is 0 Å². The zero-order chi connectivity index (χ0) is 12.7. The predicted octanol–water partition coefficient (Wildman–Crippen LogP) is 3.24. The van der Waals surface area contributed by atoms with E-state index in [4.69, 9.17) is 23.2 Å². The highest BCUT2D eigenvalue weighted by Crippen LogP contribution is 2.25. The van der Waals surface area contributed by atoms with Gasteiger partial charge in [0, 0.05) is 17.4 Å². The highest BCUT2D eigenvalue weighted by Gasteiger charge is 2.14. The second-order valence-electron chi connectivity index (χ2n) is 3.56. The van der Waals surface area contributed by atoms with Crippen molar-refractivity contribution in [2.75, 3.05) is 0 Å². The Morgan fingerprint density at radius 2 is 2.00 bits per heavy atom. The summed E-state index contributed by atoms with van der Waals surface area (Å²) in [5.74, 6) is -0.117. The molecule has 0 spiro atoms. The van der Waals surface area contributed by atoms with Crippen LogP contribution in [-0.4, -0.2) is 19.6 Å². The fraction of sp³-hybridized carbons (Fsp3) is 0. The van der Waals surface area contributed by atoms with Crippen molar-refractivity contribution in [3.8, 4) is 11.4 Å². The summed E-state index contributed by atoms with van der Waals surface area (Å²) >= 11 is 11.6. The Morgan fingerprint density at radius 1 is 1.17 bits per heavy atom. The second kappa shape index (κ2) is 4.19. The second-order valence-corrected chi connectivity index (χ2v) is 4.35. The van der Waals surface area contributed by atoms with E-state index in [2.05, 4.69) is 15.2 Å². The fourth-order valence-electron chi connectivity index (χ4n) is 1.65. The standard InChI is InChI=1S/C11H5Cl2FN4/c12-6-1-2-7(8(14)5-6)10-16-17-11-9(13)15-3-4-18(10)11/h1-5H. The molecule has 7 heteroatoms. The van der Waals surface area contributed by atoms with E-state index in [9.17, 15) is 4.39 Å². The molecule has 0 unspecified atom stereocenters. The molecule has 0 bridgehead atoms. The molecule has 0 radical (unpaired) electrons. The molecule has 0 fully saturated rings. The Kier molecular flexibility index (Phi) is 2.65. The van der Waals surface area contributed by atoms with Crippen LogP contribution in [0.1, 0.15) is 0 Å². The van der Waals surface area contributed by atoms with Gasteiger partial charge >= 0.3 is 0 Å². The molecule has 0 aliphatic rings. The third-order valence-corrected chi connectivity index (χ3v) is 2.96. The summed E-state index contributed by atoms with van der Waals surface area (Å²) in [5, 5.41) is 8.34. The van der Waals surface area contributed by atoms with Gasteiger partial charge in [-0.3, -0.25) is 4.40 Å². The van der Waals surface area contributed by atoms with Crippen LogP contribution < -0.4 is 0 Å². The van der Waals surface area contributed by atoms with Crippen LogP contribution >= 0.6 is 23.2 Å². The summed E-state index contributed by atoms with van der Waals surface area (Å²) < 4.78 is 15.4. The van der Waals surface area contributed by atoms with Gasteiger partial charge in [0.05, 0.1) is 5.56 Å². The van der Waals surface area contributed by atoms with Crippen molar-refractivity contribution in [3.05, 3.63) is 46.6 Å². The van der Waals surface area contributed by atoms with Crippen LogP contribution in [0.4, 0.5) is 4.39 Å². The number of nitrogens with zero attached hydrogens (tertiary/aromatic N) is 4. The zero-order valence-corrected chi connectivity index (χ0v) is 10.3. The van der Waals surface area contributed by atoms with Gasteiger partial charge in [-0.1, -0.05) is 23.2 Å². The van der Waals surface area contributed by atoms with Gasteiger partial charge in [0.25, 0.3) is 0 Å². The smallest absolute Gasteiger partial charge is 0.198 e. The summed E-state index contributed by atoms with van der Waals surface area (Å²) in [6, 6.07) is 4.35. The summed E-state index contributed by atoms with van der Waals surface area (Å²) in [7, 11) is 0. The fourth-order valence-corrected chi connectivity index (χ4v) is 1.99. The average Bonchev–Trinajstić information content (AvgIpc) is 2.74. The van der Waals surface area contributed by atoms with Crippen LogP contribution in [0.3, 0.4) is 0 Å². The third kappa shape index (κ3) is 1.72. The third-order valence-electron chi connectivity index (χ3n) is 2.46. The normalized spacial score (nSPS) is 11.1. The molecular formula is C11H5Cl2FN4. The molecule has 0 saturated heterocycles. The van der Waals surface area contributed by atoms with Gasteiger partial charge in [-0.15, -0.1) is 10.2 Å². The zero-order valence-electron chi connectivity index (χ0n) is 8.81. The first-order valence-electron chi connectivity index (χ1n) is 4.97. The van der Waals surface area contributed by atoms with Crippen LogP contribution in [0.25, 0.3) is 17.0 Å². The Balaban J connectivity index is 2.29. The number of benzene rings is 1. The summed E-state index contributed by atoms with van der Waals surface area (Å²) in [6.07, 6.45) is 3.11. The molecule has 2 aromatic heterocycles. The molecule has 0 aliphatic heterocycles. The van der Waals surface area contributed by atoms with Gasteiger partial charge in [0.15, 0.2) is 16.6 Å². The molecule has 4 nitrogen and oxygen atoms in total. The van der Waals surface area contributed by atoms with E-state index >= 15 is 0 Å². The lowest BCUT2D eigenvalue weighted by molar-refractivity contribution is 0.629. The first-order valence-corrected chi connectivity index (χ1v) is 5.73. The minimum Gasteiger partial charge on any atom is -0.278 e. The molecule has 0 atom stereocenters. The minimum atomic E-state index is -0.468. The van der Waals surface area contributed by atoms with Crippen LogP contribution in [0.2, 0.25) is 10.2 Å². The predicted molar refractivity (Wildman–Crippen MR) is 66.2 cm³/mol. The highest BCUT2D eigenvalue weighted by molar-refractivity contribution is 6.32. The molecule has 0 amide bonds. The largest absolute Gasteiger partial charge is 0.278 e. The van der Waals surface area contributed by atoms with E-state index in [0.29, 0.717) is 22.1 Å². The van der Waals surface area contributed by atoms with Crippen LogP contribution in [0.5, 0.6) is 0 Å². The molecule has 90 valence electrons. The van der Waals surface area contributed by atoms with Gasteiger partial charge in [-0.05, 0) is 18.2 Å². The van der Waals surface area contributed by atoms with Crippen molar-refractivity contribution in [2.24, 2.45) is 0 Å². The van der Waals surface area contributed by atoms with E-state index < -0.39 is 5.82 Å². The monoisotopic (exact) mass is 282 g/mol. The molecule has 1 aromatic carbocycles. The lowest BCUT2D eigenvalue weighted by atomic mass is 10.2. The van der Waals surface area contributed by atoms with E-state index in [0.717, 1.165) is 0 Å². The quantitative estimate of drug-likeness (QED) is 0.688. The van der Waals surface area contributed by atoms with Crippen molar-refractivity contribution < 1.29 is 4.39 Å². The van der Waals surface area contributed by atoms with Crippen LogP contribution in [0, 0.1) is 5.82 Å². The van der Waals surface area contributed by atoms with Crippen LogP contribution in [-0.2, 0) is 0 Å². The Bertz CT molecular complexity index is 741. The van der Waals surface area contributed by atoms with E-state index in [1.165, 1.54) is 12.3 Å². The topological polar surface area (TPSA) is 43.1 Å². The molecule has 18 heavy (non-hydrogen) atoms. The van der Waals surface area contributed by atoms with Gasteiger partial charge in [-0.25, -0.2) is 9.37 Å². The first-order chi connectivity index (χ1) is 8.66. The Labute approximate surface area is 111 Å². The number of fused-ring (bicyclic) bond motifs is 1. The Hall–Kier alpha value is -1.72. The van der Waals surface area contributed by atoms with Gasteiger partial charge in [0.2, 0.25) is 0 Å².